The van der Waals surface area contributed by atoms with Gasteiger partial charge in [0.05, 0.1) is 12.1 Å². The minimum Gasteiger partial charge on any atom is -0.491 e. The molecular weight excluding hydrogens is 368 g/mol. The number of benzene rings is 2. The van der Waals surface area contributed by atoms with E-state index in [4.69, 9.17) is 21.7 Å². The molecule has 2 aromatic rings. The van der Waals surface area contributed by atoms with Crippen LogP contribution in [0.5, 0.6) is 11.5 Å². The molecule has 0 heterocycles. The van der Waals surface area contributed by atoms with Gasteiger partial charge in [-0.1, -0.05) is 6.07 Å². The fourth-order valence-electron chi connectivity index (χ4n) is 3.27. The predicted octanol–water partition coefficient (Wildman–Crippen LogP) is 5.38. The number of anilines is 1. The van der Waals surface area contributed by atoms with Crippen molar-refractivity contribution in [1.29, 1.82) is 0 Å². The Labute approximate surface area is 173 Å². The number of thiocarbonyl (C=S) groups is 1. The summed E-state index contributed by atoms with van der Waals surface area (Å²) in [6.45, 7) is 6.78. The highest BCUT2D eigenvalue weighted by molar-refractivity contribution is 7.80. The third-order valence-electron chi connectivity index (χ3n) is 5.07. The molecule has 0 bridgehead atoms. The van der Waals surface area contributed by atoms with Gasteiger partial charge < -0.3 is 20.1 Å². The van der Waals surface area contributed by atoms with Gasteiger partial charge in [-0.15, -0.1) is 0 Å². The summed E-state index contributed by atoms with van der Waals surface area (Å²) in [7, 11) is 0. The van der Waals surface area contributed by atoms with Crippen LogP contribution >= 0.6 is 12.2 Å². The maximum absolute atomic E-state index is 6.00. The standard InChI is InChI=1S/C23H30N2O2S/c1-16-8-11-22(14-17(16)2)26-15-18(3)24-23(28)25-19-9-12-21(13-10-19)27-20-6-4-5-7-20/h8-14,18,20H,4-7,15H2,1-3H3,(H2,24,25,28). The van der Waals surface area contributed by atoms with Crippen molar-refractivity contribution >= 4 is 23.0 Å². The first-order valence-electron chi connectivity index (χ1n) is 10.0. The Kier molecular flexibility index (Phi) is 7.15. The van der Waals surface area contributed by atoms with Crippen molar-refractivity contribution in [2.24, 2.45) is 0 Å². The lowest BCUT2D eigenvalue weighted by molar-refractivity contribution is 0.210. The van der Waals surface area contributed by atoms with Crippen molar-refractivity contribution in [3.8, 4) is 11.5 Å². The summed E-state index contributed by atoms with van der Waals surface area (Å²) in [6, 6.07) is 14.2. The van der Waals surface area contributed by atoms with E-state index in [1.807, 2.05) is 37.3 Å². The van der Waals surface area contributed by atoms with E-state index < -0.39 is 0 Å². The minimum atomic E-state index is 0.0894. The van der Waals surface area contributed by atoms with Crippen molar-refractivity contribution in [3.05, 3.63) is 53.6 Å². The molecule has 0 spiro atoms. The van der Waals surface area contributed by atoms with Gasteiger partial charge in [0.1, 0.15) is 18.1 Å². The lowest BCUT2D eigenvalue weighted by Crippen LogP contribution is -2.39. The first-order valence-corrected chi connectivity index (χ1v) is 10.4. The second-order valence-corrected chi connectivity index (χ2v) is 8.01. The lowest BCUT2D eigenvalue weighted by Gasteiger charge is -2.18. The van der Waals surface area contributed by atoms with Gasteiger partial charge >= 0.3 is 0 Å². The van der Waals surface area contributed by atoms with Crippen LogP contribution < -0.4 is 20.1 Å². The average Bonchev–Trinajstić information content (AvgIpc) is 3.17. The van der Waals surface area contributed by atoms with E-state index in [1.165, 1.54) is 24.0 Å². The van der Waals surface area contributed by atoms with Crippen LogP contribution in [0.2, 0.25) is 0 Å². The molecule has 0 saturated heterocycles. The van der Waals surface area contributed by atoms with Gasteiger partial charge in [-0.3, -0.25) is 0 Å². The maximum atomic E-state index is 6.00. The molecule has 5 heteroatoms. The lowest BCUT2D eigenvalue weighted by atomic mass is 10.1. The van der Waals surface area contributed by atoms with E-state index >= 15 is 0 Å². The number of hydrogen-bond donors (Lipinski definition) is 2. The zero-order valence-corrected chi connectivity index (χ0v) is 17.8. The zero-order valence-electron chi connectivity index (χ0n) is 17.0. The number of aryl methyl sites for hydroxylation is 2. The molecule has 28 heavy (non-hydrogen) atoms. The molecule has 0 aliphatic heterocycles. The fourth-order valence-corrected chi connectivity index (χ4v) is 3.59. The minimum absolute atomic E-state index is 0.0894. The van der Waals surface area contributed by atoms with Gasteiger partial charge in [0.25, 0.3) is 0 Å². The predicted molar refractivity (Wildman–Crippen MR) is 120 cm³/mol. The van der Waals surface area contributed by atoms with E-state index in [2.05, 4.69) is 36.6 Å². The highest BCUT2D eigenvalue weighted by atomic mass is 32.1. The summed E-state index contributed by atoms with van der Waals surface area (Å²) in [4.78, 5) is 0. The van der Waals surface area contributed by atoms with Gasteiger partial charge in [0.2, 0.25) is 0 Å². The van der Waals surface area contributed by atoms with Crippen molar-refractivity contribution in [1.82, 2.24) is 5.32 Å². The molecule has 1 atom stereocenters. The second kappa shape index (κ2) is 9.78. The molecule has 1 aliphatic rings. The highest BCUT2D eigenvalue weighted by Crippen LogP contribution is 2.25. The van der Waals surface area contributed by atoms with Crippen LogP contribution in [0.15, 0.2) is 42.5 Å². The van der Waals surface area contributed by atoms with E-state index in [9.17, 15) is 0 Å². The maximum Gasteiger partial charge on any atom is 0.171 e. The Bertz CT molecular complexity index is 786. The van der Waals surface area contributed by atoms with Crippen molar-refractivity contribution in [3.63, 3.8) is 0 Å². The van der Waals surface area contributed by atoms with E-state index in [0.29, 0.717) is 17.8 Å². The average molecular weight is 399 g/mol. The Morgan fingerprint density at radius 2 is 1.71 bits per heavy atom. The molecule has 0 aromatic heterocycles. The normalized spacial score (nSPS) is 15.1. The third kappa shape index (κ3) is 6.13. The Balaban J connectivity index is 1.41. The topological polar surface area (TPSA) is 42.5 Å². The molecule has 1 aliphatic carbocycles. The van der Waals surface area contributed by atoms with E-state index in [-0.39, 0.29) is 6.04 Å². The summed E-state index contributed by atoms with van der Waals surface area (Å²) < 4.78 is 11.9. The van der Waals surface area contributed by atoms with Crippen LogP contribution in [0, 0.1) is 13.8 Å². The first kappa shape index (κ1) is 20.5. The Hall–Kier alpha value is -2.27. The van der Waals surface area contributed by atoms with Gasteiger partial charge in [-0.2, -0.15) is 0 Å². The van der Waals surface area contributed by atoms with Crippen LogP contribution in [-0.2, 0) is 0 Å². The molecule has 150 valence electrons. The Morgan fingerprint density at radius 3 is 2.39 bits per heavy atom. The van der Waals surface area contributed by atoms with Gasteiger partial charge in [-0.05, 0) is 106 Å². The molecule has 4 nitrogen and oxygen atoms in total. The summed E-state index contributed by atoms with van der Waals surface area (Å²) >= 11 is 5.42. The fraction of sp³-hybridized carbons (Fsp3) is 0.435. The molecule has 1 saturated carbocycles. The summed E-state index contributed by atoms with van der Waals surface area (Å²) in [5.74, 6) is 1.81. The number of nitrogens with one attached hydrogen (secondary N) is 2. The molecule has 0 amide bonds. The van der Waals surface area contributed by atoms with Crippen LogP contribution in [0.25, 0.3) is 0 Å². The van der Waals surface area contributed by atoms with Gasteiger partial charge in [0, 0.05) is 5.69 Å². The van der Waals surface area contributed by atoms with E-state index in [0.717, 1.165) is 30.0 Å². The van der Waals surface area contributed by atoms with Gasteiger partial charge in [-0.25, -0.2) is 0 Å². The van der Waals surface area contributed by atoms with Crippen LogP contribution in [-0.4, -0.2) is 23.9 Å². The zero-order chi connectivity index (χ0) is 19.9. The molecule has 2 aromatic carbocycles. The van der Waals surface area contributed by atoms with Crippen LogP contribution in [0.4, 0.5) is 5.69 Å². The van der Waals surface area contributed by atoms with Crippen LogP contribution in [0.1, 0.15) is 43.7 Å². The largest absolute Gasteiger partial charge is 0.491 e. The second-order valence-electron chi connectivity index (χ2n) is 7.61. The summed E-state index contributed by atoms with van der Waals surface area (Å²) in [6.07, 6.45) is 5.25. The quantitative estimate of drug-likeness (QED) is 0.613. The SMILES string of the molecule is Cc1ccc(OCC(C)NC(=S)Nc2ccc(OC3CCCC3)cc2)cc1C. The molecule has 0 radical (unpaired) electrons. The molecule has 1 fully saturated rings. The van der Waals surface area contributed by atoms with E-state index in [1.54, 1.807) is 0 Å². The van der Waals surface area contributed by atoms with Crippen molar-refractivity contribution in [2.45, 2.75) is 58.6 Å². The monoisotopic (exact) mass is 398 g/mol. The smallest absolute Gasteiger partial charge is 0.171 e. The summed E-state index contributed by atoms with van der Waals surface area (Å²) in [5, 5.41) is 7.06. The summed E-state index contributed by atoms with van der Waals surface area (Å²) in [5.41, 5.74) is 3.44. The Morgan fingerprint density at radius 1 is 1.04 bits per heavy atom. The first-order chi connectivity index (χ1) is 13.5. The van der Waals surface area contributed by atoms with Crippen molar-refractivity contribution in [2.75, 3.05) is 11.9 Å². The number of hydrogen-bond acceptors (Lipinski definition) is 3. The van der Waals surface area contributed by atoms with Crippen LogP contribution in [0.3, 0.4) is 0 Å². The molecular formula is C23H30N2O2S. The van der Waals surface area contributed by atoms with Gasteiger partial charge in [0.15, 0.2) is 5.11 Å². The molecule has 2 N–H and O–H groups in total. The highest BCUT2D eigenvalue weighted by Gasteiger charge is 2.16. The molecule has 3 rings (SSSR count). The number of rotatable bonds is 7. The number of ether oxygens (including phenoxy) is 2. The third-order valence-corrected chi connectivity index (χ3v) is 5.29. The molecule has 1 unspecified atom stereocenters. The van der Waals surface area contributed by atoms with Crippen molar-refractivity contribution < 1.29 is 9.47 Å².